The van der Waals surface area contributed by atoms with Crippen molar-refractivity contribution < 1.29 is 8.78 Å². The van der Waals surface area contributed by atoms with E-state index in [1.165, 1.54) is 6.07 Å². The van der Waals surface area contributed by atoms with E-state index in [4.69, 9.17) is 11.6 Å². The van der Waals surface area contributed by atoms with Crippen LogP contribution >= 0.6 is 11.6 Å². The summed E-state index contributed by atoms with van der Waals surface area (Å²) in [6, 6.07) is 2.18. The second-order valence-corrected chi connectivity index (χ2v) is 4.60. The molecule has 0 N–H and O–H groups in total. The fourth-order valence-corrected chi connectivity index (χ4v) is 2.34. The van der Waals surface area contributed by atoms with Crippen molar-refractivity contribution in [1.82, 2.24) is 9.78 Å². The van der Waals surface area contributed by atoms with Crippen molar-refractivity contribution in [3.05, 3.63) is 52.3 Å². The van der Waals surface area contributed by atoms with E-state index in [9.17, 15) is 8.78 Å². The Morgan fingerprint density at radius 1 is 1.33 bits per heavy atom. The third-order valence-electron chi connectivity index (χ3n) is 2.95. The van der Waals surface area contributed by atoms with Gasteiger partial charge in [-0.15, -0.1) is 0 Å². The molecule has 0 radical (unpaired) electrons. The molecule has 1 atom stereocenters. The van der Waals surface area contributed by atoms with Crippen molar-refractivity contribution in [1.29, 1.82) is 0 Å². The Morgan fingerprint density at radius 2 is 2.00 bits per heavy atom. The number of halogens is 3. The van der Waals surface area contributed by atoms with Gasteiger partial charge in [0.25, 0.3) is 0 Å². The van der Waals surface area contributed by atoms with E-state index < -0.39 is 11.6 Å². The van der Waals surface area contributed by atoms with Gasteiger partial charge in [-0.25, -0.2) is 8.78 Å². The quantitative estimate of drug-likeness (QED) is 0.774. The molecule has 0 saturated heterocycles. The van der Waals surface area contributed by atoms with Crippen LogP contribution in [-0.2, 0) is 7.05 Å². The van der Waals surface area contributed by atoms with Gasteiger partial charge in [-0.1, -0.05) is 18.5 Å². The largest absolute Gasteiger partial charge is 0.276 e. The van der Waals surface area contributed by atoms with Gasteiger partial charge in [0.2, 0.25) is 0 Å². The van der Waals surface area contributed by atoms with Gasteiger partial charge in [0.05, 0.1) is 6.20 Å². The lowest BCUT2D eigenvalue weighted by Crippen LogP contribution is -2.01. The van der Waals surface area contributed by atoms with Crippen LogP contribution in [0.15, 0.2) is 24.5 Å². The Morgan fingerprint density at radius 3 is 2.56 bits per heavy atom. The van der Waals surface area contributed by atoms with Crippen molar-refractivity contribution >= 4 is 11.6 Å². The molecule has 0 amide bonds. The normalized spacial score (nSPS) is 12.7. The second kappa shape index (κ2) is 5.06. The standard InChI is InChI=1S/C13H13ClF2N2/c1-3-9(8-6-17-18(2)7-8)10-4-12(15)13(16)5-11(10)14/h4-7,9H,3H2,1-2H3/t9-/m1/s1. The summed E-state index contributed by atoms with van der Waals surface area (Å²) in [5, 5.41) is 4.33. The first-order chi connectivity index (χ1) is 8.52. The average Bonchev–Trinajstić information content (AvgIpc) is 2.73. The van der Waals surface area contributed by atoms with Crippen molar-refractivity contribution in [2.45, 2.75) is 19.3 Å². The summed E-state index contributed by atoms with van der Waals surface area (Å²) >= 11 is 6.00. The van der Waals surface area contributed by atoms with Gasteiger partial charge in [0.15, 0.2) is 11.6 Å². The number of nitrogens with zero attached hydrogens (tertiary/aromatic N) is 2. The highest BCUT2D eigenvalue weighted by atomic mass is 35.5. The van der Waals surface area contributed by atoms with Crippen LogP contribution < -0.4 is 0 Å². The van der Waals surface area contributed by atoms with Gasteiger partial charge in [-0.05, 0) is 29.7 Å². The summed E-state index contributed by atoms with van der Waals surface area (Å²) in [7, 11) is 1.81. The highest BCUT2D eigenvalue weighted by Crippen LogP contribution is 2.33. The molecule has 1 aromatic carbocycles. The molecule has 1 aromatic heterocycles. The molecular weight excluding hydrogens is 258 g/mol. The predicted octanol–water partition coefficient (Wildman–Crippen LogP) is 3.89. The topological polar surface area (TPSA) is 17.8 Å². The number of aryl methyl sites for hydroxylation is 1. The Balaban J connectivity index is 2.48. The predicted molar refractivity (Wildman–Crippen MR) is 66.7 cm³/mol. The maximum Gasteiger partial charge on any atom is 0.160 e. The number of hydrogen-bond acceptors (Lipinski definition) is 1. The van der Waals surface area contributed by atoms with Gasteiger partial charge in [0, 0.05) is 24.2 Å². The molecule has 2 nitrogen and oxygen atoms in total. The molecule has 0 spiro atoms. The van der Waals surface area contributed by atoms with Crippen molar-refractivity contribution in [2.75, 3.05) is 0 Å². The minimum absolute atomic E-state index is 0.0821. The summed E-state index contributed by atoms with van der Waals surface area (Å²) in [6.07, 6.45) is 4.30. The molecule has 0 saturated carbocycles. The first-order valence-corrected chi connectivity index (χ1v) is 6.03. The lowest BCUT2D eigenvalue weighted by molar-refractivity contribution is 0.506. The molecule has 0 aliphatic rings. The maximum absolute atomic E-state index is 13.3. The van der Waals surface area contributed by atoms with Crippen LogP contribution in [-0.4, -0.2) is 9.78 Å². The molecule has 5 heteroatoms. The molecular formula is C13H13ClF2N2. The van der Waals surface area contributed by atoms with Gasteiger partial charge in [0.1, 0.15) is 0 Å². The zero-order valence-corrected chi connectivity index (χ0v) is 10.9. The van der Waals surface area contributed by atoms with E-state index in [1.54, 1.807) is 10.9 Å². The Hall–Kier alpha value is -1.42. The fourth-order valence-electron chi connectivity index (χ4n) is 2.06. The molecule has 96 valence electrons. The Labute approximate surface area is 109 Å². The summed E-state index contributed by atoms with van der Waals surface area (Å²) < 4.78 is 28.1. The number of rotatable bonds is 3. The van der Waals surface area contributed by atoms with Crippen LogP contribution in [0.1, 0.15) is 30.4 Å². The van der Waals surface area contributed by atoms with Crippen molar-refractivity contribution in [3.8, 4) is 0 Å². The molecule has 0 unspecified atom stereocenters. The van der Waals surface area contributed by atoms with Gasteiger partial charge < -0.3 is 0 Å². The van der Waals surface area contributed by atoms with Crippen LogP contribution in [0, 0.1) is 11.6 Å². The maximum atomic E-state index is 13.3. The Kier molecular flexibility index (Phi) is 3.66. The van der Waals surface area contributed by atoms with Gasteiger partial charge in [-0.2, -0.15) is 5.10 Å². The molecule has 1 heterocycles. The third kappa shape index (κ3) is 2.38. The lowest BCUT2D eigenvalue weighted by atomic mass is 9.91. The van der Waals surface area contributed by atoms with E-state index in [2.05, 4.69) is 5.10 Å². The van der Waals surface area contributed by atoms with E-state index in [1.807, 2.05) is 20.2 Å². The van der Waals surface area contributed by atoms with Gasteiger partial charge >= 0.3 is 0 Å². The minimum atomic E-state index is -0.926. The monoisotopic (exact) mass is 270 g/mol. The highest BCUT2D eigenvalue weighted by Gasteiger charge is 2.19. The van der Waals surface area contributed by atoms with Crippen LogP contribution in [0.4, 0.5) is 8.78 Å². The van der Waals surface area contributed by atoms with Crippen LogP contribution in [0.25, 0.3) is 0 Å². The minimum Gasteiger partial charge on any atom is -0.276 e. The second-order valence-electron chi connectivity index (χ2n) is 4.20. The smallest absolute Gasteiger partial charge is 0.160 e. The third-order valence-corrected chi connectivity index (χ3v) is 3.28. The van der Waals surface area contributed by atoms with E-state index in [0.29, 0.717) is 5.56 Å². The zero-order chi connectivity index (χ0) is 13.3. The Bertz CT molecular complexity index is 566. The van der Waals surface area contributed by atoms with Crippen molar-refractivity contribution in [2.24, 2.45) is 7.05 Å². The first-order valence-electron chi connectivity index (χ1n) is 5.66. The average molecular weight is 271 g/mol. The van der Waals surface area contributed by atoms with E-state index in [0.717, 1.165) is 18.1 Å². The first kappa shape index (κ1) is 13.0. The molecule has 0 fully saturated rings. The zero-order valence-electron chi connectivity index (χ0n) is 10.1. The van der Waals surface area contributed by atoms with Gasteiger partial charge in [-0.3, -0.25) is 4.68 Å². The number of benzene rings is 1. The summed E-state index contributed by atoms with van der Waals surface area (Å²) in [4.78, 5) is 0. The highest BCUT2D eigenvalue weighted by molar-refractivity contribution is 6.31. The summed E-state index contributed by atoms with van der Waals surface area (Å²) in [5.74, 6) is -1.89. The molecule has 2 aromatic rings. The van der Waals surface area contributed by atoms with Crippen molar-refractivity contribution in [3.63, 3.8) is 0 Å². The molecule has 0 aliphatic heterocycles. The summed E-state index contributed by atoms with van der Waals surface area (Å²) in [5.41, 5.74) is 1.53. The SMILES string of the molecule is CC[C@H](c1cnn(C)c1)c1cc(F)c(F)cc1Cl. The lowest BCUT2D eigenvalue weighted by Gasteiger charge is -2.15. The molecule has 2 rings (SSSR count). The molecule has 18 heavy (non-hydrogen) atoms. The fraction of sp³-hybridized carbons (Fsp3) is 0.308. The number of aromatic nitrogens is 2. The van der Waals surface area contributed by atoms with Crippen LogP contribution in [0.2, 0.25) is 5.02 Å². The van der Waals surface area contributed by atoms with Crippen LogP contribution in [0.5, 0.6) is 0 Å². The summed E-state index contributed by atoms with van der Waals surface area (Å²) in [6.45, 7) is 1.97. The molecule has 0 aliphatic carbocycles. The van der Waals surface area contributed by atoms with E-state index in [-0.39, 0.29) is 10.9 Å². The van der Waals surface area contributed by atoms with Crippen LogP contribution in [0.3, 0.4) is 0 Å². The number of hydrogen-bond donors (Lipinski definition) is 0. The molecule has 0 bridgehead atoms. The van der Waals surface area contributed by atoms with E-state index >= 15 is 0 Å².